The topological polar surface area (TPSA) is 175 Å². The summed E-state index contributed by atoms with van der Waals surface area (Å²) in [5, 5.41) is 9.65. The van der Waals surface area contributed by atoms with Crippen LogP contribution in [-0.4, -0.2) is 60.5 Å². The van der Waals surface area contributed by atoms with E-state index < -0.39 is 43.1 Å². The van der Waals surface area contributed by atoms with Gasteiger partial charge in [0.25, 0.3) is 20.2 Å². The number of rotatable bonds is 10. The molecule has 4 N–H and O–H groups in total. The molecule has 0 aromatic rings. The van der Waals surface area contributed by atoms with Gasteiger partial charge in [-0.2, -0.15) is 16.8 Å². The van der Waals surface area contributed by atoms with E-state index in [1.165, 1.54) is 0 Å². The first-order valence-corrected chi connectivity index (χ1v) is 10.1. The summed E-state index contributed by atoms with van der Waals surface area (Å²) in [6.07, 6.45) is 1.42. The third kappa shape index (κ3) is 15.5. The Labute approximate surface area is 147 Å². The summed E-state index contributed by atoms with van der Waals surface area (Å²) in [6.45, 7) is 7.91. The fraction of sp³-hybridized carbons (Fsp3) is 0.538. The Bertz CT molecular complexity index is 680. The second kappa shape index (κ2) is 11.7. The smallest absolute Gasteiger partial charge is 0.330 e. The Hall–Kier alpha value is -1.76. The number of aliphatic carboxylic acids is 1. The van der Waals surface area contributed by atoms with E-state index in [1.807, 2.05) is 0 Å². The van der Waals surface area contributed by atoms with E-state index in [0.717, 1.165) is 6.08 Å². The van der Waals surface area contributed by atoms with Crippen molar-refractivity contribution in [3.05, 3.63) is 24.8 Å². The van der Waals surface area contributed by atoms with Gasteiger partial charge in [0.2, 0.25) is 5.91 Å². The Kier molecular flexibility index (Phi) is 12.0. The molecule has 0 spiro atoms. The Balaban J connectivity index is 0. The molecule has 0 saturated carbocycles. The lowest BCUT2D eigenvalue weighted by Gasteiger charge is -2.10. The molecule has 0 heterocycles. The van der Waals surface area contributed by atoms with Crippen LogP contribution in [0.5, 0.6) is 0 Å². The van der Waals surface area contributed by atoms with E-state index >= 15 is 0 Å². The molecule has 0 radical (unpaired) electrons. The summed E-state index contributed by atoms with van der Waals surface area (Å²) in [4.78, 5) is 20.8. The van der Waals surface area contributed by atoms with Crippen molar-refractivity contribution in [3.63, 3.8) is 0 Å². The van der Waals surface area contributed by atoms with Gasteiger partial charge in [0.15, 0.2) is 0 Å². The lowest BCUT2D eigenvalue weighted by Crippen LogP contribution is -2.35. The van der Waals surface area contributed by atoms with Gasteiger partial charge in [-0.25, -0.2) is 4.79 Å². The minimum atomic E-state index is -4.07. The van der Waals surface area contributed by atoms with Gasteiger partial charge in [-0.3, -0.25) is 13.9 Å². The van der Waals surface area contributed by atoms with Crippen LogP contribution in [0.1, 0.15) is 26.2 Å². The van der Waals surface area contributed by atoms with E-state index in [4.69, 9.17) is 14.2 Å². The molecule has 0 rings (SSSR count). The van der Waals surface area contributed by atoms with Crippen molar-refractivity contribution >= 4 is 32.1 Å². The van der Waals surface area contributed by atoms with E-state index in [-0.39, 0.29) is 31.4 Å². The van der Waals surface area contributed by atoms with Gasteiger partial charge < -0.3 is 10.4 Å². The fourth-order valence-electron chi connectivity index (χ4n) is 1.32. The van der Waals surface area contributed by atoms with Gasteiger partial charge in [0.05, 0.1) is 5.75 Å². The second-order valence-corrected chi connectivity index (χ2v) is 8.06. The van der Waals surface area contributed by atoms with Crippen LogP contribution in [0.2, 0.25) is 0 Å². The normalized spacial score (nSPS) is 12.3. The average Bonchev–Trinajstić information content (AvgIpc) is 2.45. The molecule has 146 valence electrons. The maximum atomic E-state index is 10.7. The minimum absolute atomic E-state index is 0.0568. The van der Waals surface area contributed by atoms with Crippen LogP contribution in [0.3, 0.4) is 0 Å². The predicted octanol–water partition coefficient (Wildman–Crippen LogP) is 0.250. The summed E-state index contributed by atoms with van der Waals surface area (Å²) in [6, 6.07) is 0. The molecule has 0 aliphatic heterocycles. The molecule has 1 unspecified atom stereocenters. The quantitative estimate of drug-likeness (QED) is 0.295. The molecule has 0 fully saturated rings. The maximum Gasteiger partial charge on any atom is 0.330 e. The van der Waals surface area contributed by atoms with E-state index in [2.05, 4.69) is 18.5 Å². The number of carboxylic acid groups (broad SMARTS) is 1. The van der Waals surface area contributed by atoms with E-state index in [1.54, 1.807) is 6.92 Å². The maximum absolute atomic E-state index is 10.7. The Morgan fingerprint density at radius 2 is 1.72 bits per heavy atom. The number of amides is 1. The minimum Gasteiger partial charge on any atom is -0.478 e. The van der Waals surface area contributed by atoms with Crippen molar-refractivity contribution in [2.24, 2.45) is 0 Å². The van der Waals surface area contributed by atoms with Crippen LogP contribution >= 0.6 is 0 Å². The molecular formula is C13H23NO9S2. The van der Waals surface area contributed by atoms with Gasteiger partial charge in [-0.05, 0) is 25.3 Å². The zero-order valence-electron chi connectivity index (χ0n) is 13.7. The molecule has 25 heavy (non-hydrogen) atoms. The standard InChI is InChI=1S/C7H13NO4S.C6H10O5S/c1-3-6(13(10,11)12)5-8-7(9)4-2;1-5(6(7)8)3-2-4-12(9,10)11/h4,6H,2-3,5H2,1H3,(H,8,9)(H,10,11,12);1-4H2,(H,7,8)(H,9,10,11). The van der Waals surface area contributed by atoms with Gasteiger partial charge in [-0.1, -0.05) is 20.1 Å². The van der Waals surface area contributed by atoms with Gasteiger partial charge in [0.1, 0.15) is 5.25 Å². The van der Waals surface area contributed by atoms with Crippen molar-refractivity contribution < 1.29 is 40.6 Å². The second-order valence-electron chi connectivity index (χ2n) is 4.79. The fourth-order valence-corrected chi connectivity index (χ4v) is 2.55. The Morgan fingerprint density at radius 3 is 2.04 bits per heavy atom. The van der Waals surface area contributed by atoms with Crippen LogP contribution in [0.4, 0.5) is 0 Å². The van der Waals surface area contributed by atoms with Crippen LogP contribution < -0.4 is 5.32 Å². The monoisotopic (exact) mass is 401 g/mol. The highest BCUT2D eigenvalue weighted by molar-refractivity contribution is 7.86. The number of carboxylic acids is 1. The molecule has 1 atom stereocenters. The number of carbonyl (C=O) groups is 2. The first-order chi connectivity index (χ1) is 11.2. The van der Waals surface area contributed by atoms with Crippen LogP contribution in [0.25, 0.3) is 0 Å². The summed E-state index contributed by atoms with van der Waals surface area (Å²) >= 11 is 0. The molecule has 10 nitrogen and oxygen atoms in total. The largest absolute Gasteiger partial charge is 0.478 e. The third-order valence-electron chi connectivity index (χ3n) is 2.75. The molecular weight excluding hydrogens is 378 g/mol. The van der Waals surface area contributed by atoms with Gasteiger partial charge in [-0.15, -0.1) is 0 Å². The Morgan fingerprint density at radius 1 is 1.20 bits per heavy atom. The van der Waals surface area contributed by atoms with Gasteiger partial charge in [0, 0.05) is 12.1 Å². The molecule has 12 heteroatoms. The first-order valence-electron chi connectivity index (χ1n) is 6.97. The lowest BCUT2D eigenvalue weighted by atomic mass is 10.2. The molecule has 0 aromatic heterocycles. The number of carbonyl (C=O) groups excluding carboxylic acids is 1. The molecule has 0 aliphatic rings. The summed E-state index contributed by atoms with van der Waals surface area (Å²) in [5.74, 6) is -2.04. The van der Waals surface area contributed by atoms with Crippen molar-refractivity contribution in [3.8, 4) is 0 Å². The van der Waals surface area contributed by atoms with E-state index in [9.17, 15) is 26.4 Å². The summed E-state index contributed by atoms with van der Waals surface area (Å²) in [7, 11) is -8.05. The molecule has 0 saturated heterocycles. The van der Waals surface area contributed by atoms with Crippen LogP contribution in [0, 0.1) is 0 Å². The highest BCUT2D eigenvalue weighted by atomic mass is 32.2. The zero-order chi connectivity index (χ0) is 20.3. The van der Waals surface area contributed by atoms with Gasteiger partial charge >= 0.3 is 5.97 Å². The predicted molar refractivity (Wildman–Crippen MR) is 91.3 cm³/mol. The van der Waals surface area contributed by atoms with Crippen molar-refractivity contribution in [1.29, 1.82) is 0 Å². The van der Waals surface area contributed by atoms with Crippen molar-refractivity contribution in [2.45, 2.75) is 31.4 Å². The van der Waals surface area contributed by atoms with Crippen molar-refractivity contribution in [2.75, 3.05) is 12.3 Å². The number of hydrogen-bond donors (Lipinski definition) is 4. The SMILES string of the molecule is C=C(CCCS(=O)(=O)O)C(=O)O.C=CC(=O)NCC(CC)S(=O)(=O)O. The van der Waals surface area contributed by atoms with Crippen molar-refractivity contribution in [1.82, 2.24) is 5.32 Å². The van der Waals surface area contributed by atoms with Crippen LogP contribution in [0.15, 0.2) is 24.8 Å². The molecule has 1 amide bonds. The average molecular weight is 401 g/mol. The summed E-state index contributed by atoms with van der Waals surface area (Å²) < 4.78 is 58.5. The number of hydrogen-bond acceptors (Lipinski definition) is 6. The highest BCUT2D eigenvalue weighted by Gasteiger charge is 2.20. The molecule has 0 bridgehead atoms. The number of nitrogens with one attached hydrogen (secondary N) is 1. The lowest BCUT2D eigenvalue weighted by molar-refractivity contribution is -0.132. The summed E-state index contributed by atoms with van der Waals surface area (Å²) in [5.41, 5.74) is -0.0568. The zero-order valence-corrected chi connectivity index (χ0v) is 15.3. The highest BCUT2D eigenvalue weighted by Crippen LogP contribution is 2.03. The molecule has 0 aliphatic carbocycles. The third-order valence-corrected chi connectivity index (χ3v) is 4.90. The molecule has 0 aromatic carbocycles. The van der Waals surface area contributed by atoms with Crippen LogP contribution in [-0.2, 0) is 29.8 Å². The van der Waals surface area contributed by atoms with E-state index in [0.29, 0.717) is 0 Å². The first kappa shape index (κ1) is 25.5.